The van der Waals surface area contributed by atoms with Crippen molar-refractivity contribution in [2.75, 3.05) is 6.61 Å². The zero-order chi connectivity index (χ0) is 14.8. The highest BCUT2D eigenvalue weighted by atomic mass is 35.5. The van der Waals surface area contributed by atoms with Gasteiger partial charge in [0.25, 0.3) is 0 Å². The molecule has 0 radical (unpaired) electrons. The Labute approximate surface area is 129 Å². The molecule has 20 heavy (non-hydrogen) atoms. The molecule has 0 atom stereocenters. The highest BCUT2D eigenvalue weighted by molar-refractivity contribution is 8.00. The van der Waals surface area contributed by atoms with Crippen LogP contribution in [0.3, 0.4) is 0 Å². The van der Waals surface area contributed by atoms with Crippen molar-refractivity contribution in [1.29, 1.82) is 0 Å². The standard InChI is InChI=1S/C16H20ClNOS/c1-5-8-19-14-10-13-11(12(17)6-7-18-13)9-15(14)20-16(2,3)4/h6-7,9-10H,5,8H2,1-4H3. The normalized spacial score (nSPS) is 11.8. The van der Waals surface area contributed by atoms with Crippen molar-refractivity contribution in [3.63, 3.8) is 0 Å². The van der Waals surface area contributed by atoms with Gasteiger partial charge in [-0.05, 0) is 18.6 Å². The van der Waals surface area contributed by atoms with E-state index in [9.17, 15) is 0 Å². The SMILES string of the molecule is CCCOc1cc2nccc(Cl)c2cc1SC(C)(C)C. The summed E-state index contributed by atoms with van der Waals surface area (Å²) in [5.74, 6) is 0.897. The van der Waals surface area contributed by atoms with E-state index in [-0.39, 0.29) is 4.75 Å². The number of nitrogens with zero attached hydrogens (tertiary/aromatic N) is 1. The monoisotopic (exact) mass is 309 g/mol. The molecule has 108 valence electrons. The molecule has 2 aromatic rings. The smallest absolute Gasteiger partial charge is 0.135 e. The van der Waals surface area contributed by atoms with Crippen LogP contribution in [0.4, 0.5) is 0 Å². The molecule has 1 aromatic carbocycles. The molecule has 1 heterocycles. The van der Waals surface area contributed by atoms with E-state index in [2.05, 4.69) is 38.7 Å². The molecular weight excluding hydrogens is 290 g/mol. The van der Waals surface area contributed by atoms with Gasteiger partial charge in [-0.3, -0.25) is 4.98 Å². The quantitative estimate of drug-likeness (QED) is 0.689. The van der Waals surface area contributed by atoms with Crippen molar-refractivity contribution >= 4 is 34.3 Å². The van der Waals surface area contributed by atoms with Crippen LogP contribution in [0, 0.1) is 0 Å². The van der Waals surface area contributed by atoms with Crippen LogP contribution in [0.2, 0.25) is 5.02 Å². The number of halogens is 1. The van der Waals surface area contributed by atoms with E-state index in [1.807, 2.05) is 12.1 Å². The molecule has 2 nitrogen and oxygen atoms in total. The van der Waals surface area contributed by atoms with Gasteiger partial charge in [0.15, 0.2) is 0 Å². The largest absolute Gasteiger partial charge is 0.492 e. The number of hydrogen-bond acceptors (Lipinski definition) is 3. The zero-order valence-electron chi connectivity index (χ0n) is 12.4. The summed E-state index contributed by atoms with van der Waals surface area (Å²) in [6.07, 6.45) is 2.71. The third-order valence-electron chi connectivity index (χ3n) is 2.63. The minimum atomic E-state index is 0.118. The summed E-state index contributed by atoms with van der Waals surface area (Å²) in [6.45, 7) is 9.39. The summed E-state index contributed by atoms with van der Waals surface area (Å²) in [6, 6.07) is 5.90. The van der Waals surface area contributed by atoms with Crippen LogP contribution in [0.25, 0.3) is 10.9 Å². The number of hydrogen-bond donors (Lipinski definition) is 0. The summed E-state index contributed by atoms with van der Waals surface area (Å²) < 4.78 is 5.99. The van der Waals surface area contributed by atoms with Crippen molar-refractivity contribution < 1.29 is 4.74 Å². The lowest BCUT2D eigenvalue weighted by Gasteiger charge is -2.20. The molecule has 1 aromatic heterocycles. The molecule has 2 rings (SSSR count). The van der Waals surface area contributed by atoms with Crippen molar-refractivity contribution in [2.45, 2.75) is 43.8 Å². The van der Waals surface area contributed by atoms with Crippen molar-refractivity contribution in [3.05, 3.63) is 29.4 Å². The number of aromatic nitrogens is 1. The fraction of sp³-hybridized carbons (Fsp3) is 0.438. The molecule has 0 fully saturated rings. The van der Waals surface area contributed by atoms with Crippen LogP contribution in [0.1, 0.15) is 34.1 Å². The summed E-state index contributed by atoms with van der Waals surface area (Å²) >= 11 is 8.06. The number of benzene rings is 1. The van der Waals surface area contributed by atoms with Gasteiger partial charge >= 0.3 is 0 Å². The Kier molecular flexibility index (Phi) is 4.82. The van der Waals surface area contributed by atoms with Gasteiger partial charge in [-0.1, -0.05) is 39.3 Å². The highest BCUT2D eigenvalue weighted by Crippen LogP contribution is 2.41. The third kappa shape index (κ3) is 3.80. The van der Waals surface area contributed by atoms with Crippen LogP contribution in [0.5, 0.6) is 5.75 Å². The average Bonchev–Trinajstić information content (AvgIpc) is 2.35. The predicted octanol–water partition coefficient (Wildman–Crippen LogP) is 5.57. The maximum absolute atomic E-state index is 6.27. The molecular formula is C16H20ClNOS. The molecule has 0 N–H and O–H groups in total. The first-order valence-electron chi connectivity index (χ1n) is 6.81. The minimum absolute atomic E-state index is 0.118. The van der Waals surface area contributed by atoms with Crippen LogP contribution in [-0.4, -0.2) is 16.3 Å². The molecule has 0 saturated carbocycles. The van der Waals surface area contributed by atoms with E-state index >= 15 is 0 Å². The molecule has 0 aliphatic carbocycles. The molecule has 0 aliphatic heterocycles. The predicted molar refractivity (Wildman–Crippen MR) is 88.1 cm³/mol. The Hall–Kier alpha value is -0.930. The van der Waals surface area contributed by atoms with Gasteiger partial charge in [0.1, 0.15) is 5.75 Å². The lowest BCUT2D eigenvalue weighted by molar-refractivity contribution is 0.310. The first kappa shape index (κ1) is 15.5. The van der Waals surface area contributed by atoms with Crippen LogP contribution in [-0.2, 0) is 0 Å². The second-order valence-corrected chi connectivity index (χ2v) is 7.95. The van der Waals surface area contributed by atoms with Crippen molar-refractivity contribution in [2.24, 2.45) is 0 Å². The molecule has 0 saturated heterocycles. The van der Waals surface area contributed by atoms with E-state index in [0.29, 0.717) is 6.61 Å². The second-order valence-electron chi connectivity index (χ2n) is 5.67. The van der Waals surface area contributed by atoms with E-state index in [1.165, 1.54) is 0 Å². The Morgan fingerprint density at radius 2 is 2.05 bits per heavy atom. The van der Waals surface area contributed by atoms with Gasteiger partial charge in [-0.2, -0.15) is 0 Å². The molecule has 4 heteroatoms. The number of ether oxygens (including phenoxy) is 1. The molecule has 0 bridgehead atoms. The Morgan fingerprint density at radius 1 is 1.30 bits per heavy atom. The van der Waals surface area contributed by atoms with Crippen molar-refractivity contribution in [3.8, 4) is 5.75 Å². The zero-order valence-corrected chi connectivity index (χ0v) is 13.9. The lowest BCUT2D eigenvalue weighted by Crippen LogP contribution is -2.08. The second kappa shape index (κ2) is 6.23. The maximum Gasteiger partial charge on any atom is 0.135 e. The van der Waals surface area contributed by atoms with E-state index in [0.717, 1.165) is 33.0 Å². The Bertz CT molecular complexity index is 607. The first-order valence-corrected chi connectivity index (χ1v) is 8.00. The first-order chi connectivity index (χ1) is 9.40. The van der Waals surface area contributed by atoms with Gasteiger partial charge in [0, 0.05) is 22.4 Å². The van der Waals surface area contributed by atoms with E-state index in [1.54, 1.807) is 18.0 Å². The van der Waals surface area contributed by atoms with E-state index in [4.69, 9.17) is 16.3 Å². The van der Waals surface area contributed by atoms with E-state index < -0.39 is 0 Å². The van der Waals surface area contributed by atoms with Gasteiger partial charge in [-0.25, -0.2) is 0 Å². The topological polar surface area (TPSA) is 22.1 Å². The lowest BCUT2D eigenvalue weighted by atomic mass is 10.2. The van der Waals surface area contributed by atoms with Gasteiger partial charge < -0.3 is 4.74 Å². The fourth-order valence-electron chi connectivity index (χ4n) is 1.85. The summed E-state index contributed by atoms with van der Waals surface area (Å²) in [5, 5.41) is 1.71. The molecule has 0 spiro atoms. The summed E-state index contributed by atoms with van der Waals surface area (Å²) in [5.41, 5.74) is 0.877. The van der Waals surface area contributed by atoms with Crippen LogP contribution < -0.4 is 4.74 Å². The molecule has 0 amide bonds. The van der Waals surface area contributed by atoms with Crippen LogP contribution in [0.15, 0.2) is 29.3 Å². The van der Waals surface area contributed by atoms with Gasteiger partial charge in [0.2, 0.25) is 0 Å². The number of rotatable bonds is 4. The highest BCUT2D eigenvalue weighted by Gasteiger charge is 2.17. The number of fused-ring (bicyclic) bond motifs is 1. The summed E-state index contributed by atoms with van der Waals surface area (Å²) in [7, 11) is 0. The third-order valence-corrected chi connectivity index (χ3v) is 4.11. The number of thioether (sulfide) groups is 1. The Balaban J connectivity index is 2.52. The minimum Gasteiger partial charge on any atom is -0.492 e. The average molecular weight is 310 g/mol. The van der Waals surface area contributed by atoms with Gasteiger partial charge in [0.05, 0.1) is 22.0 Å². The maximum atomic E-state index is 6.27. The Morgan fingerprint density at radius 3 is 2.70 bits per heavy atom. The fourth-order valence-corrected chi connectivity index (χ4v) is 3.12. The number of pyridine rings is 1. The van der Waals surface area contributed by atoms with Crippen molar-refractivity contribution in [1.82, 2.24) is 4.98 Å². The summed E-state index contributed by atoms with van der Waals surface area (Å²) in [4.78, 5) is 5.49. The van der Waals surface area contributed by atoms with Gasteiger partial charge in [-0.15, -0.1) is 11.8 Å². The molecule has 0 aliphatic rings. The van der Waals surface area contributed by atoms with Crippen LogP contribution >= 0.6 is 23.4 Å². The molecule has 0 unspecified atom stereocenters.